The van der Waals surface area contributed by atoms with Crippen molar-refractivity contribution >= 4 is 0 Å². The standard InChI is InChI=1S/C15H14F4N4O/c1-24-13-9(4-11(16)6-20-13)7-23-3-2-12-10(8-23)5-21-14(22-12)15(17,18)19/h4-6H,2-3,7-8H2,1H3. The fourth-order valence-corrected chi connectivity index (χ4v) is 2.65. The molecule has 0 spiro atoms. The molecule has 0 amide bonds. The number of rotatable bonds is 3. The highest BCUT2D eigenvalue weighted by molar-refractivity contribution is 5.27. The number of ether oxygens (including phenoxy) is 1. The molecular formula is C15H14F4N4O. The fraction of sp³-hybridized carbons (Fsp3) is 0.400. The molecule has 9 heteroatoms. The lowest BCUT2D eigenvalue weighted by Gasteiger charge is -2.28. The van der Waals surface area contributed by atoms with Gasteiger partial charge in [0.1, 0.15) is 5.82 Å². The third-order valence-electron chi connectivity index (χ3n) is 3.75. The van der Waals surface area contributed by atoms with Gasteiger partial charge in [-0.25, -0.2) is 19.3 Å². The molecule has 1 aliphatic rings. The molecule has 0 bridgehead atoms. The van der Waals surface area contributed by atoms with Crippen LogP contribution in [0, 0.1) is 5.82 Å². The maximum atomic E-state index is 13.4. The number of methoxy groups -OCH3 is 1. The first-order valence-electron chi connectivity index (χ1n) is 7.19. The number of nitrogens with zero attached hydrogens (tertiary/aromatic N) is 4. The third-order valence-corrected chi connectivity index (χ3v) is 3.75. The van der Waals surface area contributed by atoms with Crippen LogP contribution in [0.25, 0.3) is 0 Å². The molecule has 0 saturated carbocycles. The Hall–Kier alpha value is -2.29. The fourth-order valence-electron chi connectivity index (χ4n) is 2.65. The summed E-state index contributed by atoms with van der Waals surface area (Å²) in [7, 11) is 1.45. The first-order chi connectivity index (χ1) is 11.4. The quantitative estimate of drug-likeness (QED) is 0.803. The number of hydrogen-bond donors (Lipinski definition) is 0. The summed E-state index contributed by atoms with van der Waals surface area (Å²) in [5.41, 5.74) is 1.62. The average Bonchev–Trinajstić information content (AvgIpc) is 2.53. The molecular weight excluding hydrogens is 328 g/mol. The van der Waals surface area contributed by atoms with E-state index in [2.05, 4.69) is 15.0 Å². The van der Waals surface area contributed by atoms with E-state index >= 15 is 0 Å². The Morgan fingerprint density at radius 2 is 2.04 bits per heavy atom. The maximum Gasteiger partial charge on any atom is 0.451 e. The minimum absolute atomic E-state index is 0.325. The second kappa shape index (κ2) is 6.31. The summed E-state index contributed by atoms with van der Waals surface area (Å²) in [6, 6.07) is 1.34. The third kappa shape index (κ3) is 3.45. The van der Waals surface area contributed by atoms with Gasteiger partial charge in [-0.3, -0.25) is 4.90 Å². The van der Waals surface area contributed by atoms with E-state index in [1.165, 1.54) is 19.4 Å². The molecule has 0 radical (unpaired) electrons. The van der Waals surface area contributed by atoms with Crippen molar-refractivity contribution in [2.75, 3.05) is 13.7 Å². The van der Waals surface area contributed by atoms with Crippen LogP contribution in [-0.2, 0) is 25.7 Å². The van der Waals surface area contributed by atoms with Gasteiger partial charge in [-0.1, -0.05) is 0 Å². The monoisotopic (exact) mass is 342 g/mol. The van der Waals surface area contributed by atoms with Crippen molar-refractivity contribution in [2.24, 2.45) is 0 Å². The van der Waals surface area contributed by atoms with Gasteiger partial charge in [0.05, 0.1) is 19.0 Å². The highest BCUT2D eigenvalue weighted by atomic mass is 19.4. The minimum atomic E-state index is -4.55. The highest BCUT2D eigenvalue weighted by Crippen LogP contribution is 2.28. The van der Waals surface area contributed by atoms with E-state index < -0.39 is 17.8 Å². The Bertz CT molecular complexity index is 751. The van der Waals surface area contributed by atoms with Gasteiger partial charge >= 0.3 is 6.18 Å². The van der Waals surface area contributed by atoms with Gasteiger partial charge in [0.15, 0.2) is 0 Å². The smallest absolute Gasteiger partial charge is 0.451 e. The molecule has 24 heavy (non-hydrogen) atoms. The zero-order chi connectivity index (χ0) is 17.3. The molecule has 0 aromatic carbocycles. The topological polar surface area (TPSA) is 51.1 Å². The normalized spacial score (nSPS) is 15.2. The molecule has 2 aromatic rings. The number of hydrogen-bond acceptors (Lipinski definition) is 5. The molecule has 3 rings (SSSR count). The van der Waals surface area contributed by atoms with Gasteiger partial charge in [0.2, 0.25) is 11.7 Å². The van der Waals surface area contributed by atoms with Gasteiger partial charge in [0, 0.05) is 43.4 Å². The van der Waals surface area contributed by atoms with E-state index in [0.29, 0.717) is 48.8 Å². The lowest BCUT2D eigenvalue weighted by molar-refractivity contribution is -0.145. The SMILES string of the molecule is COc1ncc(F)cc1CN1CCc2nc(C(F)(F)F)ncc2C1. The number of fused-ring (bicyclic) bond motifs is 1. The van der Waals surface area contributed by atoms with Crippen LogP contribution < -0.4 is 4.74 Å². The van der Waals surface area contributed by atoms with Crippen molar-refractivity contribution in [1.82, 2.24) is 19.9 Å². The van der Waals surface area contributed by atoms with Crippen LogP contribution in [0.1, 0.15) is 22.6 Å². The zero-order valence-electron chi connectivity index (χ0n) is 12.8. The lowest BCUT2D eigenvalue weighted by Crippen LogP contribution is -2.31. The van der Waals surface area contributed by atoms with Gasteiger partial charge in [0.25, 0.3) is 0 Å². The Morgan fingerprint density at radius 1 is 1.25 bits per heavy atom. The summed E-state index contributed by atoms with van der Waals surface area (Å²) < 4.78 is 56.4. The molecule has 0 atom stereocenters. The maximum absolute atomic E-state index is 13.4. The number of halogens is 4. The van der Waals surface area contributed by atoms with Crippen LogP contribution in [0.5, 0.6) is 5.88 Å². The minimum Gasteiger partial charge on any atom is -0.481 e. The van der Waals surface area contributed by atoms with Gasteiger partial charge < -0.3 is 4.74 Å². The van der Waals surface area contributed by atoms with Crippen LogP contribution in [0.4, 0.5) is 17.6 Å². The molecule has 0 N–H and O–H groups in total. The summed E-state index contributed by atoms with van der Waals surface area (Å²) in [6.07, 6.45) is -1.91. The molecule has 2 aromatic heterocycles. The highest BCUT2D eigenvalue weighted by Gasteiger charge is 2.35. The van der Waals surface area contributed by atoms with Crippen molar-refractivity contribution in [3.05, 3.63) is 46.9 Å². The van der Waals surface area contributed by atoms with Crippen LogP contribution in [0.3, 0.4) is 0 Å². The van der Waals surface area contributed by atoms with Crippen LogP contribution in [-0.4, -0.2) is 33.5 Å². The Kier molecular flexibility index (Phi) is 4.35. The summed E-state index contributed by atoms with van der Waals surface area (Å²) in [5, 5.41) is 0. The number of pyridine rings is 1. The predicted octanol–water partition coefficient (Wildman–Crippen LogP) is 2.60. The summed E-state index contributed by atoms with van der Waals surface area (Å²) >= 11 is 0. The molecule has 128 valence electrons. The van der Waals surface area contributed by atoms with E-state index in [0.717, 1.165) is 6.20 Å². The van der Waals surface area contributed by atoms with E-state index in [4.69, 9.17) is 4.74 Å². The Morgan fingerprint density at radius 3 is 2.75 bits per heavy atom. The number of alkyl halides is 3. The van der Waals surface area contributed by atoms with Crippen molar-refractivity contribution in [2.45, 2.75) is 25.7 Å². The van der Waals surface area contributed by atoms with E-state index in [1.807, 2.05) is 4.90 Å². The van der Waals surface area contributed by atoms with Crippen LogP contribution >= 0.6 is 0 Å². The number of aromatic nitrogens is 3. The average molecular weight is 342 g/mol. The van der Waals surface area contributed by atoms with Gasteiger partial charge in [-0.05, 0) is 6.07 Å². The largest absolute Gasteiger partial charge is 0.481 e. The molecule has 0 saturated heterocycles. The van der Waals surface area contributed by atoms with E-state index in [-0.39, 0.29) is 0 Å². The summed E-state index contributed by atoms with van der Waals surface area (Å²) in [5.74, 6) is -1.27. The second-order valence-corrected chi connectivity index (χ2v) is 5.45. The van der Waals surface area contributed by atoms with Crippen molar-refractivity contribution in [1.29, 1.82) is 0 Å². The predicted molar refractivity (Wildman–Crippen MR) is 75.6 cm³/mol. The summed E-state index contributed by atoms with van der Waals surface area (Å²) in [6.45, 7) is 1.25. The molecule has 1 aliphatic heterocycles. The van der Waals surface area contributed by atoms with E-state index in [1.54, 1.807) is 0 Å². The van der Waals surface area contributed by atoms with Crippen LogP contribution in [0.2, 0.25) is 0 Å². The lowest BCUT2D eigenvalue weighted by atomic mass is 10.1. The molecule has 0 aliphatic carbocycles. The molecule has 3 heterocycles. The molecule has 0 unspecified atom stereocenters. The Labute approximate surface area is 135 Å². The first-order valence-corrected chi connectivity index (χ1v) is 7.19. The Balaban J connectivity index is 1.77. The van der Waals surface area contributed by atoms with E-state index in [9.17, 15) is 17.6 Å². The van der Waals surface area contributed by atoms with Gasteiger partial charge in [-0.2, -0.15) is 13.2 Å². The summed E-state index contributed by atoms with van der Waals surface area (Å²) in [4.78, 5) is 12.8. The zero-order valence-corrected chi connectivity index (χ0v) is 12.8. The van der Waals surface area contributed by atoms with Crippen molar-refractivity contribution in [3.63, 3.8) is 0 Å². The van der Waals surface area contributed by atoms with Crippen molar-refractivity contribution in [3.8, 4) is 5.88 Å². The van der Waals surface area contributed by atoms with Crippen LogP contribution in [0.15, 0.2) is 18.5 Å². The molecule has 5 nitrogen and oxygen atoms in total. The first kappa shape index (κ1) is 16.6. The van der Waals surface area contributed by atoms with Gasteiger partial charge in [-0.15, -0.1) is 0 Å². The second-order valence-electron chi connectivity index (χ2n) is 5.45. The van der Waals surface area contributed by atoms with Crippen molar-refractivity contribution < 1.29 is 22.3 Å². The molecule has 0 fully saturated rings.